The predicted octanol–water partition coefficient (Wildman–Crippen LogP) is 4.49. The fraction of sp³-hybridized carbons (Fsp3) is 0.414. The fourth-order valence-corrected chi connectivity index (χ4v) is 4.82. The van der Waals surface area contributed by atoms with Crippen LogP contribution in [0.2, 0.25) is 5.02 Å². The third kappa shape index (κ3) is 6.75. The molecule has 41 heavy (non-hydrogen) atoms. The predicted molar refractivity (Wildman–Crippen MR) is 159 cm³/mol. The van der Waals surface area contributed by atoms with Crippen molar-refractivity contribution in [3.05, 3.63) is 57.7 Å². The summed E-state index contributed by atoms with van der Waals surface area (Å²) in [6, 6.07) is 5.47. The molecule has 1 aliphatic heterocycles. The Kier molecular flexibility index (Phi) is 9.74. The first-order chi connectivity index (χ1) is 19.7. The Labute approximate surface area is 244 Å². The quantitative estimate of drug-likeness (QED) is 0.178. The second-order valence-corrected chi connectivity index (χ2v) is 10.1. The SMILES string of the molecule is CCOc1ncc2c(n1)CN(c1nc(-c3cc(OC[C@H](O)CNC)ccc3Cl)nc(/C(C(C)=N)=C(/O)CC)c1C)C2. The van der Waals surface area contributed by atoms with E-state index in [-0.39, 0.29) is 18.1 Å². The monoisotopic (exact) mass is 581 g/mol. The highest BCUT2D eigenvalue weighted by molar-refractivity contribution is 6.33. The molecule has 3 heterocycles. The molecule has 12 heteroatoms. The summed E-state index contributed by atoms with van der Waals surface area (Å²) in [6.45, 7) is 9.14. The lowest BCUT2D eigenvalue weighted by Gasteiger charge is -2.23. The molecule has 4 rings (SSSR count). The van der Waals surface area contributed by atoms with Crippen molar-refractivity contribution in [2.75, 3.05) is 31.7 Å². The molecule has 0 fully saturated rings. The van der Waals surface area contributed by atoms with Crippen LogP contribution < -0.4 is 19.7 Å². The first kappa shape index (κ1) is 30.2. The number of fused-ring (bicyclic) bond motifs is 1. The zero-order valence-corrected chi connectivity index (χ0v) is 24.7. The molecule has 0 unspecified atom stereocenters. The maximum atomic E-state index is 10.8. The van der Waals surface area contributed by atoms with Gasteiger partial charge in [0.2, 0.25) is 0 Å². The summed E-state index contributed by atoms with van der Waals surface area (Å²) in [5, 5.41) is 32.7. The molecule has 218 valence electrons. The number of nitrogens with zero attached hydrogens (tertiary/aromatic N) is 5. The topological polar surface area (TPSA) is 150 Å². The molecule has 0 spiro atoms. The normalized spacial score (nSPS) is 14.0. The van der Waals surface area contributed by atoms with Gasteiger partial charge in [0.05, 0.1) is 35.1 Å². The van der Waals surface area contributed by atoms with E-state index >= 15 is 0 Å². The maximum absolute atomic E-state index is 10.8. The minimum atomic E-state index is -0.684. The molecular weight excluding hydrogens is 546 g/mol. The minimum absolute atomic E-state index is 0.0647. The zero-order valence-electron chi connectivity index (χ0n) is 24.0. The van der Waals surface area contributed by atoms with Crippen LogP contribution in [0, 0.1) is 12.3 Å². The van der Waals surface area contributed by atoms with Crippen molar-refractivity contribution in [3.8, 4) is 23.1 Å². The number of allylic oxidation sites excluding steroid dienone is 2. The maximum Gasteiger partial charge on any atom is 0.316 e. The van der Waals surface area contributed by atoms with Crippen molar-refractivity contribution in [1.82, 2.24) is 25.3 Å². The molecule has 4 N–H and O–H groups in total. The lowest BCUT2D eigenvalue weighted by Crippen LogP contribution is -2.29. The van der Waals surface area contributed by atoms with Crippen LogP contribution in [0.5, 0.6) is 11.8 Å². The Morgan fingerprint density at radius 2 is 1.98 bits per heavy atom. The van der Waals surface area contributed by atoms with Crippen LogP contribution in [0.3, 0.4) is 0 Å². The van der Waals surface area contributed by atoms with Crippen LogP contribution in [-0.2, 0) is 13.1 Å². The van der Waals surface area contributed by atoms with Gasteiger partial charge in [0.15, 0.2) is 5.82 Å². The Bertz CT molecular complexity index is 1460. The number of likely N-dealkylation sites (N-methyl/N-ethyl adjacent to an activating group) is 1. The summed E-state index contributed by atoms with van der Waals surface area (Å²) >= 11 is 6.66. The summed E-state index contributed by atoms with van der Waals surface area (Å²) < 4.78 is 11.3. The molecule has 0 aliphatic carbocycles. The second-order valence-electron chi connectivity index (χ2n) is 9.72. The zero-order chi connectivity index (χ0) is 29.7. The van der Waals surface area contributed by atoms with Crippen LogP contribution in [0.1, 0.15) is 49.7 Å². The molecule has 0 bridgehead atoms. The average Bonchev–Trinajstić information content (AvgIpc) is 3.37. The average molecular weight is 582 g/mol. The van der Waals surface area contributed by atoms with Gasteiger partial charge in [-0.1, -0.05) is 18.5 Å². The molecule has 11 nitrogen and oxygen atoms in total. The first-order valence-corrected chi connectivity index (χ1v) is 13.9. The fourth-order valence-electron chi connectivity index (χ4n) is 4.62. The van der Waals surface area contributed by atoms with Crippen molar-refractivity contribution in [2.45, 2.75) is 53.3 Å². The Balaban J connectivity index is 1.83. The van der Waals surface area contributed by atoms with Crippen molar-refractivity contribution in [1.29, 1.82) is 5.41 Å². The summed E-state index contributed by atoms with van der Waals surface area (Å²) in [5.41, 5.74) is 4.00. The number of benzene rings is 1. The number of halogens is 1. The van der Waals surface area contributed by atoms with Gasteiger partial charge in [-0.05, 0) is 46.0 Å². The highest BCUT2D eigenvalue weighted by Gasteiger charge is 2.28. The van der Waals surface area contributed by atoms with Gasteiger partial charge in [0, 0.05) is 48.1 Å². The standard InChI is InChI=1S/C29H36ClN7O4/c1-6-24(39)25(17(4)31)26-16(3)28(37-13-18-11-33-29(40-7-2)34-23(18)14-37)36-27(35-26)21-10-20(8-9-22(21)30)41-15-19(38)12-32-5/h8-11,19,31-32,38-39H,6-7,12-15H2,1-5H3/b25-24+,31-17?/t19-/m1/s1. The van der Waals surface area contributed by atoms with Gasteiger partial charge in [0.25, 0.3) is 0 Å². The number of hydrogen-bond acceptors (Lipinski definition) is 11. The first-order valence-electron chi connectivity index (χ1n) is 13.5. The molecule has 1 aliphatic rings. The third-order valence-electron chi connectivity index (χ3n) is 6.62. The highest BCUT2D eigenvalue weighted by Crippen LogP contribution is 2.37. The van der Waals surface area contributed by atoms with Gasteiger partial charge >= 0.3 is 6.01 Å². The van der Waals surface area contributed by atoms with Crippen LogP contribution >= 0.6 is 11.6 Å². The lowest BCUT2D eigenvalue weighted by atomic mass is 10.00. The van der Waals surface area contributed by atoms with E-state index in [2.05, 4.69) is 20.2 Å². The number of rotatable bonds is 12. The van der Waals surface area contributed by atoms with Gasteiger partial charge in [0.1, 0.15) is 30.0 Å². The van der Waals surface area contributed by atoms with Gasteiger partial charge in [-0.25, -0.2) is 15.0 Å². The van der Waals surface area contributed by atoms with E-state index < -0.39 is 6.10 Å². The van der Waals surface area contributed by atoms with E-state index in [1.54, 1.807) is 38.4 Å². The Morgan fingerprint density at radius 3 is 2.66 bits per heavy atom. The van der Waals surface area contributed by atoms with Crippen molar-refractivity contribution >= 4 is 28.7 Å². The summed E-state index contributed by atoms with van der Waals surface area (Å²) in [7, 11) is 1.76. The Morgan fingerprint density at radius 1 is 1.20 bits per heavy atom. The van der Waals surface area contributed by atoms with E-state index in [0.717, 1.165) is 11.3 Å². The molecule has 0 saturated carbocycles. The van der Waals surface area contributed by atoms with E-state index in [9.17, 15) is 10.2 Å². The molecule has 1 atom stereocenters. The van der Waals surface area contributed by atoms with Gasteiger partial charge in [-0.15, -0.1) is 0 Å². The van der Waals surface area contributed by atoms with Gasteiger partial charge in [-0.2, -0.15) is 4.98 Å². The minimum Gasteiger partial charge on any atom is -0.512 e. The smallest absolute Gasteiger partial charge is 0.316 e. The molecule has 3 aromatic rings. The third-order valence-corrected chi connectivity index (χ3v) is 6.95. The van der Waals surface area contributed by atoms with Crippen LogP contribution in [0.15, 0.2) is 30.2 Å². The number of aliphatic hydroxyl groups is 2. The number of ether oxygens (including phenoxy) is 2. The molecule has 0 amide bonds. The molecular formula is C29H36ClN7O4. The molecule has 0 radical (unpaired) electrons. The number of anilines is 1. The van der Waals surface area contributed by atoms with Gasteiger partial charge in [-0.3, -0.25) is 0 Å². The second kappa shape index (κ2) is 13.2. The van der Waals surface area contributed by atoms with E-state index in [0.29, 0.717) is 83.5 Å². The lowest BCUT2D eigenvalue weighted by molar-refractivity contribution is 0.108. The number of nitrogens with one attached hydrogen (secondary N) is 2. The van der Waals surface area contributed by atoms with Crippen LogP contribution in [0.25, 0.3) is 17.0 Å². The van der Waals surface area contributed by atoms with Crippen LogP contribution in [-0.4, -0.2) is 68.8 Å². The summed E-state index contributed by atoms with van der Waals surface area (Å²) in [5.74, 6) is 1.49. The van der Waals surface area contributed by atoms with Crippen molar-refractivity contribution in [3.63, 3.8) is 0 Å². The van der Waals surface area contributed by atoms with Crippen molar-refractivity contribution in [2.24, 2.45) is 0 Å². The molecule has 0 saturated heterocycles. The number of aliphatic hydroxyl groups excluding tert-OH is 2. The molecule has 2 aromatic heterocycles. The molecule has 1 aromatic carbocycles. The number of aromatic nitrogens is 4. The number of hydrogen-bond donors (Lipinski definition) is 4. The summed E-state index contributed by atoms with van der Waals surface area (Å²) in [6.07, 6.45) is 1.42. The van der Waals surface area contributed by atoms with Crippen molar-refractivity contribution < 1.29 is 19.7 Å². The van der Waals surface area contributed by atoms with Gasteiger partial charge < -0.3 is 35.3 Å². The van der Waals surface area contributed by atoms with E-state index in [1.807, 2.05) is 20.8 Å². The highest BCUT2D eigenvalue weighted by atomic mass is 35.5. The van der Waals surface area contributed by atoms with Crippen LogP contribution in [0.4, 0.5) is 5.82 Å². The van der Waals surface area contributed by atoms with E-state index in [4.69, 9.17) is 36.5 Å². The largest absolute Gasteiger partial charge is 0.512 e. The summed E-state index contributed by atoms with van der Waals surface area (Å²) in [4.78, 5) is 20.7. The van der Waals surface area contributed by atoms with E-state index in [1.165, 1.54) is 0 Å². The Hall–Kier alpha value is -3.80.